The van der Waals surface area contributed by atoms with Gasteiger partial charge in [-0.1, -0.05) is 84.9 Å². The van der Waals surface area contributed by atoms with Crippen LogP contribution in [-0.2, 0) is 0 Å². The first-order valence-corrected chi connectivity index (χ1v) is 9.33. The summed E-state index contributed by atoms with van der Waals surface area (Å²) in [5, 5.41) is 7.34. The molecule has 3 heteroatoms. The van der Waals surface area contributed by atoms with Crippen LogP contribution in [0, 0.1) is 0 Å². The highest BCUT2D eigenvalue weighted by atomic mass is 79.9. The number of hydrogen-bond donors (Lipinski definition) is 0. The molecule has 5 aromatic rings. The Labute approximate surface area is 159 Å². The second-order valence-electron chi connectivity index (χ2n) is 6.27. The van der Waals surface area contributed by atoms with E-state index in [4.69, 9.17) is 5.10 Å². The van der Waals surface area contributed by atoms with Gasteiger partial charge < -0.3 is 0 Å². The normalized spacial score (nSPS) is 11.3. The Bertz CT molecular complexity index is 1230. The van der Waals surface area contributed by atoms with E-state index in [-0.39, 0.29) is 0 Å². The molecule has 2 heterocycles. The molecule has 0 spiro atoms. The van der Waals surface area contributed by atoms with Crippen LogP contribution in [0.15, 0.2) is 95.5 Å². The van der Waals surface area contributed by atoms with Crippen molar-refractivity contribution in [3.8, 4) is 22.5 Å². The van der Waals surface area contributed by atoms with E-state index in [1.165, 1.54) is 10.8 Å². The van der Waals surface area contributed by atoms with Crippen LogP contribution in [0.5, 0.6) is 0 Å². The van der Waals surface area contributed by atoms with E-state index in [2.05, 4.69) is 87.2 Å². The first-order valence-electron chi connectivity index (χ1n) is 8.54. The van der Waals surface area contributed by atoms with Crippen molar-refractivity contribution in [2.45, 2.75) is 0 Å². The Hall–Kier alpha value is -2.91. The third kappa shape index (κ3) is 2.36. The lowest BCUT2D eigenvalue weighted by Gasteiger charge is -2.12. The molecular weight excluding hydrogens is 384 g/mol. The lowest BCUT2D eigenvalue weighted by atomic mass is 10.1. The summed E-state index contributed by atoms with van der Waals surface area (Å²) in [5.41, 5.74) is 5.42. The summed E-state index contributed by atoms with van der Waals surface area (Å²) in [6.07, 6.45) is 0. The Morgan fingerprint density at radius 1 is 0.654 bits per heavy atom. The number of nitrogens with zero attached hydrogens (tertiary/aromatic N) is 2. The van der Waals surface area contributed by atoms with E-state index in [9.17, 15) is 0 Å². The van der Waals surface area contributed by atoms with Crippen LogP contribution in [0.1, 0.15) is 0 Å². The van der Waals surface area contributed by atoms with Crippen molar-refractivity contribution in [3.63, 3.8) is 0 Å². The van der Waals surface area contributed by atoms with Gasteiger partial charge in [-0.25, -0.2) is 4.52 Å². The molecule has 0 saturated heterocycles. The number of pyridine rings is 1. The second-order valence-corrected chi connectivity index (χ2v) is 7.06. The maximum atomic E-state index is 4.96. The lowest BCUT2D eigenvalue weighted by molar-refractivity contribution is 0.976. The van der Waals surface area contributed by atoms with Gasteiger partial charge in [-0.15, -0.1) is 0 Å². The van der Waals surface area contributed by atoms with E-state index >= 15 is 0 Å². The summed E-state index contributed by atoms with van der Waals surface area (Å²) in [6, 6.07) is 31.4. The second kappa shape index (κ2) is 6.11. The van der Waals surface area contributed by atoms with Gasteiger partial charge in [0.2, 0.25) is 0 Å². The highest BCUT2D eigenvalue weighted by Crippen LogP contribution is 2.38. The average molecular weight is 399 g/mol. The minimum absolute atomic E-state index is 0.978. The van der Waals surface area contributed by atoms with Gasteiger partial charge >= 0.3 is 0 Å². The van der Waals surface area contributed by atoms with Gasteiger partial charge in [0.05, 0.1) is 21.4 Å². The average Bonchev–Trinajstić information content (AvgIpc) is 3.15. The Morgan fingerprint density at radius 2 is 1.23 bits per heavy atom. The molecule has 0 bridgehead atoms. The molecule has 0 unspecified atom stereocenters. The molecule has 124 valence electrons. The van der Waals surface area contributed by atoms with Gasteiger partial charge in [0.25, 0.3) is 0 Å². The summed E-state index contributed by atoms with van der Waals surface area (Å²) in [6.45, 7) is 0. The third-order valence-corrected chi connectivity index (χ3v) is 5.49. The predicted molar refractivity (Wildman–Crippen MR) is 111 cm³/mol. The van der Waals surface area contributed by atoms with Crippen LogP contribution in [0.3, 0.4) is 0 Å². The highest BCUT2D eigenvalue weighted by Gasteiger charge is 2.17. The van der Waals surface area contributed by atoms with Crippen molar-refractivity contribution in [3.05, 3.63) is 95.5 Å². The van der Waals surface area contributed by atoms with Crippen molar-refractivity contribution in [2.75, 3.05) is 0 Å². The molecule has 0 saturated carbocycles. The van der Waals surface area contributed by atoms with Gasteiger partial charge in [-0.05, 0) is 22.0 Å². The number of aromatic nitrogens is 2. The molecule has 3 aromatic carbocycles. The molecule has 0 aliphatic rings. The topological polar surface area (TPSA) is 17.3 Å². The monoisotopic (exact) mass is 398 g/mol. The Morgan fingerprint density at radius 3 is 1.92 bits per heavy atom. The van der Waals surface area contributed by atoms with E-state index in [1.54, 1.807) is 0 Å². The maximum absolute atomic E-state index is 4.96. The van der Waals surface area contributed by atoms with E-state index in [1.807, 2.05) is 24.3 Å². The minimum Gasteiger partial charge on any atom is -0.231 e. The van der Waals surface area contributed by atoms with E-state index in [0.717, 1.165) is 32.5 Å². The van der Waals surface area contributed by atoms with E-state index in [0.29, 0.717) is 0 Å². The molecule has 2 aromatic heterocycles. The largest absolute Gasteiger partial charge is 0.231 e. The molecule has 0 radical (unpaired) electrons. The standard InChI is InChI=1S/C23H15BrN2/c24-22-19-14-8-7-13-18(19)21-15-20(16-9-3-1-4-10-16)25-26(21)23(22)17-11-5-2-6-12-17/h1-15H. The fourth-order valence-electron chi connectivity index (χ4n) is 3.46. The zero-order valence-corrected chi connectivity index (χ0v) is 15.5. The molecule has 0 amide bonds. The van der Waals surface area contributed by atoms with Gasteiger partial charge in [0.15, 0.2) is 0 Å². The number of rotatable bonds is 2. The molecule has 0 aliphatic carbocycles. The molecule has 5 rings (SSSR count). The molecule has 26 heavy (non-hydrogen) atoms. The Kier molecular flexibility index (Phi) is 3.61. The first kappa shape index (κ1) is 15.4. The molecule has 0 aliphatic heterocycles. The molecule has 2 nitrogen and oxygen atoms in total. The summed E-state index contributed by atoms with van der Waals surface area (Å²) in [4.78, 5) is 0. The van der Waals surface area contributed by atoms with Crippen molar-refractivity contribution in [1.82, 2.24) is 9.61 Å². The lowest BCUT2D eigenvalue weighted by Crippen LogP contribution is -1.97. The van der Waals surface area contributed by atoms with Crippen LogP contribution in [0.2, 0.25) is 0 Å². The minimum atomic E-state index is 0.978. The van der Waals surface area contributed by atoms with Crippen LogP contribution in [-0.4, -0.2) is 9.61 Å². The maximum Gasteiger partial charge on any atom is 0.0934 e. The number of fused-ring (bicyclic) bond motifs is 3. The fourth-order valence-corrected chi connectivity index (χ4v) is 4.20. The van der Waals surface area contributed by atoms with Gasteiger partial charge in [-0.2, -0.15) is 5.10 Å². The van der Waals surface area contributed by atoms with E-state index < -0.39 is 0 Å². The van der Waals surface area contributed by atoms with Crippen molar-refractivity contribution < 1.29 is 0 Å². The van der Waals surface area contributed by atoms with Crippen molar-refractivity contribution in [1.29, 1.82) is 0 Å². The molecule has 0 fully saturated rings. The number of halogens is 1. The third-order valence-electron chi connectivity index (χ3n) is 4.69. The summed E-state index contributed by atoms with van der Waals surface area (Å²) < 4.78 is 3.12. The molecule has 0 N–H and O–H groups in total. The highest BCUT2D eigenvalue weighted by molar-refractivity contribution is 9.10. The number of benzene rings is 3. The van der Waals surface area contributed by atoms with Crippen molar-refractivity contribution >= 4 is 32.2 Å². The zero-order valence-electron chi connectivity index (χ0n) is 13.9. The number of hydrogen-bond acceptors (Lipinski definition) is 1. The summed E-state index contributed by atoms with van der Waals surface area (Å²) >= 11 is 3.84. The van der Waals surface area contributed by atoms with Gasteiger partial charge in [0.1, 0.15) is 0 Å². The van der Waals surface area contributed by atoms with Crippen LogP contribution in [0.25, 0.3) is 38.8 Å². The quantitative estimate of drug-likeness (QED) is 0.328. The Balaban J connectivity index is 1.93. The van der Waals surface area contributed by atoms with Gasteiger partial charge in [0, 0.05) is 21.9 Å². The van der Waals surface area contributed by atoms with Crippen LogP contribution < -0.4 is 0 Å². The summed E-state index contributed by atoms with van der Waals surface area (Å²) in [7, 11) is 0. The predicted octanol–water partition coefficient (Wildman–Crippen LogP) is 6.58. The molecule has 0 atom stereocenters. The van der Waals surface area contributed by atoms with Crippen LogP contribution >= 0.6 is 15.9 Å². The summed E-state index contributed by atoms with van der Waals surface area (Å²) in [5.74, 6) is 0. The smallest absolute Gasteiger partial charge is 0.0934 e. The zero-order chi connectivity index (χ0) is 17.5. The van der Waals surface area contributed by atoms with Crippen LogP contribution in [0.4, 0.5) is 0 Å². The molecular formula is C23H15BrN2. The van der Waals surface area contributed by atoms with Gasteiger partial charge in [-0.3, -0.25) is 0 Å². The first-order chi connectivity index (χ1) is 12.8. The SMILES string of the molecule is Brc1c(-c2ccccc2)n2nc(-c3ccccc3)cc2c2ccccc12. The fraction of sp³-hybridized carbons (Fsp3) is 0. The van der Waals surface area contributed by atoms with Crippen molar-refractivity contribution in [2.24, 2.45) is 0 Å².